The Balaban J connectivity index is 1.51. The Morgan fingerprint density at radius 1 is 1.27 bits per heavy atom. The third-order valence-corrected chi connectivity index (χ3v) is 5.56. The minimum absolute atomic E-state index is 0.0456. The van der Waals surface area contributed by atoms with Crippen LogP contribution >= 0.6 is 0 Å². The lowest BCUT2D eigenvalue weighted by molar-refractivity contribution is 0.0798. The van der Waals surface area contributed by atoms with Gasteiger partial charge in [0, 0.05) is 62.1 Å². The molecule has 1 aliphatic rings. The molecule has 1 atom stereocenters. The second-order valence-electron chi connectivity index (χ2n) is 7.25. The molecule has 2 aromatic heterocycles. The number of fused-ring (bicyclic) bond motifs is 1. The fourth-order valence-corrected chi connectivity index (χ4v) is 4.14. The summed E-state index contributed by atoms with van der Waals surface area (Å²) in [7, 11) is 1.89. The van der Waals surface area contributed by atoms with Gasteiger partial charge in [-0.15, -0.1) is 0 Å². The Hall–Kier alpha value is -2.40. The van der Waals surface area contributed by atoms with E-state index >= 15 is 0 Å². The molecular weight excluding hydrogens is 324 g/mol. The van der Waals surface area contributed by atoms with Crippen molar-refractivity contribution in [2.45, 2.75) is 32.9 Å². The van der Waals surface area contributed by atoms with Crippen molar-refractivity contribution in [1.82, 2.24) is 19.0 Å². The van der Waals surface area contributed by atoms with Gasteiger partial charge in [-0.3, -0.25) is 9.69 Å². The summed E-state index contributed by atoms with van der Waals surface area (Å²) in [6, 6.07) is 8.76. The zero-order valence-electron chi connectivity index (χ0n) is 15.6. The van der Waals surface area contributed by atoms with Crippen LogP contribution in [0.2, 0.25) is 0 Å². The number of piperidine rings is 1. The Morgan fingerprint density at radius 2 is 2.15 bits per heavy atom. The number of likely N-dealkylation sites (tertiary alicyclic amines) is 1. The maximum Gasteiger partial charge on any atom is 0.202 e. The molecule has 4 rings (SSSR count). The van der Waals surface area contributed by atoms with Gasteiger partial charge >= 0.3 is 0 Å². The normalized spacial score (nSPS) is 18.5. The first-order chi connectivity index (χ1) is 12.7. The molecule has 0 saturated carbocycles. The first-order valence-corrected chi connectivity index (χ1v) is 9.48. The largest absolute Gasteiger partial charge is 0.348 e. The second-order valence-corrected chi connectivity index (χ2v) is 7.25. The number of aryl methyl sites for hydroxylation is 2. The topological polar surface area (TPSA) is 43.1 Å². The van der Waals surface area contributed by atoms with Gasteiger partial charge in [0.05, 0.1) is 0 Å². The number of ketones is 1. The highest BCUT2D eigenvalue weighted by Gasteiger charge is 2.28. The molecule has 0 N–H and O–H groups in total. The number of Topliss-reactive ketones (excluding diaryl/α,β-unsaturated/α-hetero) is 1. The van der Waals surface area contributed by atoms with E-state index in [4.69, 9.17) is 0 Å². The van der Waals surface area contributed by atoms with Crippen LogP contribution in [0.5, 0.6) is 0 Å². The first-order valence-electron chi connectivity index (χ1n) is 9.48. The van der Waals surface area contributed by atoms with Crippen LogP contribution in [0.1, 0.15) is 35.9 Å². The van der Waals surface area contributed by atoms with Crippen molar-refractivity contribution >= 4 is 16.7 Å². The number of aromatic nitrogens is 3. The fraction of sp³-hybridized carbons (Fsp3) is 0.429. The Bertz CT molecular complexity index is 923. The molecule has 5 heteroatoms. The van der Waals surface area contributed by atoms with Gasteiger partial charge in [0.1, 0.15) is 0 Å². The van der Waals surface area contributed by atoms with Gasteiger partial charge in [-0.05, 0) is 44.0 Å². The highest BCUT2D eigenvalue weighted by atomic mass is 16.1. The molecule has 1 saturated heterocycles. The van der Waals surface area contributed by atoms with Crippen molar-refractivity contribution in [2.75, 3.05) is 13.1 Å². The van der Waals surface area contributed by atoms with E-state index in [0.29, 0.717) is 5.82 Å². The number of carbonyl (C=O) groups excluding carboxylic acids is 1. The molecule has 1 aliphatic heterocycles. The summed E-state index contributed by atoms with van der Waals surface area (Å²) in [4.78, 5) is 19.5. The number of hydrogen-bond donors (Lipinski definition) is 0. The van der Waals surface area contributed by atoms with Gasteiger partial charge in [-0.25, -0.2) is 4.98 Å². The van der Waals surface area contributed by atoms with Gasteiger partial charge < -0.3 is 9.13 Å². The third-order valence-electron chi connectivity index (χ3n) is 5.56. The standard InChI is InChI=1S/C21H26N4O/c1-3-25-12-9-18-16(6-4-8-19(18)25)14-24-11-5-7-17(15-24)20(26)21-22-10-13-23(21)2/h4,6,8-10,12-13,17H,3,5,7,11,14-15H2,1-2H3/t17-/m1/s1. The molecule has 136 valence electrons. The number of hydrogen-bond acceptors (Lipinski definition) is 3. The molecule has 0 bridgehead atoms. The summed E-state index contributed by atoms with van der Waals surface area (Å²) in [6.45, 7) is 5.92. The van der Waals surface area contributed by atoms with Crippen LogP contribution in [-0.2, 0) is 20.1 Å². The summed E-state index contributed by atoms with van der Waals surface area (Å²) in [5.41, 5.74) is 2.64. The van der Waals surface area contributed by atoms with Crippen molar-refractivity contribution in [1.29, 1.82) is 0 Å². The van der Waals surface area contributed by atoms with Crippen LogP contribution in [0.3, 0.4) is 0 Å². The molecule has 0 radical (unpaired) electrons. The molecule has 26 heavy (non-hydrogen) atoms. The van der Waals surface area contributed by atoms with Gasteiger partial charge in [-0.2, -0.15) is 0 Å². The monoisotopic (exact) mass is 350 g/mol. The van der Waals surface area contributed by atoms with Crippen LogP contribution in [0.25, 0.3) is 10.9 Å². The maximum absolute atomic E-state index is 12.8. The zero-order chi connectivity index (χ0) is 18.1. The molecule has 0 spiro atoms. The lowest BCUT2D eigenvalue weighted by atomic mass is 9.92. The summed E-state index contributed by atoms with van der Waals surface area (Å²) >= 11 is 0. The summed E-state index contributed by atoms with van der Waals surface area (Å²) in [6.07, 6.45) is 7.73. The molecule has 3 heterocycles. The van der Waals surface area contributed by atoms with Crippen LogP contribution < -0.4 is 0 Å². The van der Waals surface area contributed by atoms with Crippen molar-refractivity contribution in [3.8, 4) is 0 Å². The van der Waals surface area contributed by atoms with Crippen LogP contribution in [-0.4, -0.2) is 37.9 Å². The quantitative estimate of drug-likeness (QED) is 0.662. The highest BCUT2D eigenvalue weighted by Crippen LogP contribution is 2.25. The predicted molar refractivity (Wildman–Crippen MR) is 103 cm³/mol. The van der Waals surface area contributed by atoms with Gasteiger partial charge in [0.15, 0.2) is 5.82 Å². The summed E-state index contributed by atoms with van der Waals surface area (Å²) in [5.74, 6) is 0.806. The van der Waals surface area contributed by atoms with E-state index in [1.54, 1.807) is 6.20 Å². The molecule has 0 unspecified atom stereocenters. The molecule has 0 aliphatic carbocycles. The maximum atomic E-state index is 12.8. The highest BCUT2D eigenvalue weighted by molar-refractivity contribution is 5.95. The van der Waals surface area contributed by atoms with Crippen molar-refractivity contribution in [3.05, 3.63) is 54.2 Å². The van der Waals surface area contributed by atoms with E-state index in [-0.39, 0.29) is 11.7 Å². The number of imidazole rings is 1. The predicted octanol–water partition coefficient (Wildman–Crippen LogP) is 3.49. The SMILES string of the molecule is CCn1ccc2c(CN3CCC[C@@H](C(=O)c4nccn4C)C3)cccc21. The molecule has 1 aromatic carbocycles. The number of nitrogens with zero attached hydrogens (tertiary/aromatic N) is 4. The van der Waals surface area contributed by atoms with Gasteiger partial charge in [0.25, 0.3) is 0 Å². The van der Waals surface area contributed by atoms with Crippen molar-refractivity contribution < 1.29 is 4.79 Å². The smallest absolute Gasteiger partial charge is 0.202 e. The van der Waals surface area contributed by atoms with E-state index in [1.807, 2.05) is 17.8 Å². The molecule has 5 nitrogen and oxygen atoms in total. The van der Waals surface area contributed by atoms with Crippen molar-refractivity contribution in [3.63, 3.8) is 0 Å². The first kappa shape index (κ1) is 17.0. The Kier molecular flexibility index (Phi) is 4.64. The summed E-state index contributed by atoms with van der Waals surface area (Å²) in [5, 5.41) is 1.33. The molecule has 3 aromatic rings. The van der Waals surface area contributed by atoms with Crippen LogP contribution in [0, 0.1) is 5.92 Å². The lowest BCUT2D eigenvalue weighted by Gasteiger charge is -2.32. The van der Waals surface area contributed by atoms with E-state index < -0.39 is 0 Å². The Morgan fingerprint density at radius 3 is 2.92 bits per heavy atom. The zero-order valence-corrected chi connectivity index (χ0v) is 15.6. The molecule has 1 fully saturated rings. The van der Waals surface area contributed by atoms with Gasteiger partial charge in [0.2, 0.25) is 5.78 Å². The second kappa shape index (κ2) is 7.08. The third kappa shape index (κ3) is 3.07. The van der Waals surface area contributed by atoms with Crippen LogP contribution in [0.15, 0.2) is 42.9 Å². The lowest BCUT2D eigenvalue weighted by Crippen LogP contribution is -2.38. The minimum atomic E-state index is 0.0456. The average molecular weight is 350 g/mol. The summed E-state index contributed by atoms with van der Waals surface area (Å²) < 4.78 is 4.11. The minimum Gasteiger partial charge on any atom is -0.348 e. The van der Waals surface area contributed by atoms with Crippen LogP contribution in [0.4, 0.5) is 0 Å². The number of rotatable bonds is 5. The van der Waals surface area contributed by atoms with E-state index in [0.717, 1.165) is 39.0 Å². The number of benzene rings is 1. The average Bonchev–Trinajstić information content (AvgIpc) is 3.28. The number of carbonyl (C=O) groups is 1. The van der Waals surface area contributed by atoms with Crippen molar-refractivity contribution in [2.24, 2.45) is 13.0 Å². The van der Waals surface area contributed by atoms with E-state index in [1.165, 1.54) is 16.5 Å². The van der Waals surface area contributed by atoms with Gasteiger partial charge in [-0.1, -0.05) is 12.1 Å². The fourth-order valence-electron chi connectivity index (χ4n) is 4.14. The Labute approximate surface area is 154 Å². The molecular formula is C21H26N4O. The van der Waals surface area contributed by atoms with E-state index in [2.05, 4.69) is 51.8 Å². The van der Waals surface area contributed by atoms with E-state index in [9.17, 15) is 4.79 Å². The molecule has 0 amide bonds.